The monoisotopic (exact) mass is 523 g/mol. The van der Waals surface area contributed by atoms with Crippen molar-refractivity contribution >= 4 is 57.7 Å². The molecule has 3 N–H and O–H groups in total. The van der Waals surface area contributed by atoms with E-state index in [1.54, 1.807) is 11.5 Å². The van der Waals surface area contributed by atoms with Gasteiger partial charge in [0.1, 0.15) is 29.9 Å². The first-order valence-electron chi connectivity index (χ1n) is 11.0. The van der Waals surface area contributed by atoms with Gasteiger partial charge < -0.3 is 25.4 Å². The van der Waals surface area contributed by atoms with Crippen LogP contribution in [-0.4, -0.2) is 70.4 Å². The third-order valence-electron chi connectivity index (χ3n) is 5.83. The van der Waals surface area contributed by atoms with Crippen molar-refractivity contribution in [3.8, 4) is 0 Å². The highest BCUT2D eigenvalue weighted by Gasteiger charge is 2.53. The number of ether oxygens (including phenoxy) is 2. The number of nitrogens with zero attached hydrogens (tertiary/aromatic N) is 3. The number of thioether (sulfide) groups is 1. The molecule has 2 fully saturated rings. The standard InChI is InChI=1S/C21H25N5O7S2/c1-31-25-14(12-9-35-21(22)23-12)16(27)24-15-17(28)26-13(7-8-34-18(15)26)20(30)33-10-32-19(29)11-5-3-2-4-6-11/h7,9,11,15,18H,2-6,8,10H2,1H3,(H2,22,23)(H,24,27)/b25-14-/t15?,18-/m1/s1. The molecule has 2 aliphatic heterocycles. The lowest BCUT2D eigenvalue weighted by molar-refractivity contribution is -0.171. The lowest BCUT2D eigenvalue weighted by Crippen LogP contribution is -2.70. The molecule has 1 aromatic heterocycles. The van der Waals surface area contributed by atoms with Gasteiger partial charge >= 0.3 is 11.9 Å². The molecule has 188 valence electrons. The number of β-lactam (4-membered cyclic amide) rings is 1. The Balaban J connectivity index is 1.32. The summed E-state index contributed by atoms with van der Waals surface area (Å²) in [4.78, 5) is 60.3. The largest absolute Gasteiger partial charge is 0.428 e. The topological polar surface area (TPSA) is 163 Å². The molecule has 4 rings (SSSR count). The molecule has 0 radical (unpaired) electrons. The number of carbonyl (C=O) groups is 4. The number of hydrogen-bond donors (Lipinski definition) is 2. The van der Waals surface area contributed by atoms with E-state index in [0.717, 1.165) is 43.4 Å². The van der Waals surface area contributed by atoms with Gasteiger partial charge in [-0.15, -0.1) is 23.1 Å². The Morgan fingerprint density at radius 2 is 2.03 bits per heavy atom. The van der Waals surface area contributed by atoms with E-state index >= 15 is 0 Å². The molecule has 0 bridgehead atoms. The van der Waals surface area contributed by atoms with Gasteiger partial charge in [0.25, 0.3) is 11.8 Å². The van der Waals surface area contributed by atoms with Crippen molar-refractivity contribution in [2.45, 2.75) is 43.5 Å². The van der Waals surface area contributed by atoms with Gasteiger partial charge in [0.15, 0.2) is 10.8 Å². The van der Waals surface area contributed by atoms with Gasteiger partial charge in [-0.3, -0.25) is 19.3 Å². The Morgan fingerprint density at radius 3 is 2.71 bits per heavy atom. The van der Waals surface area contributed by atoms with Gasteiger partial charge in [0.2, 0.25) is 6.79 Å². The number of aromatic nitrogens is 1. The Bertz CT molecular complexity index is 1070. The summed E-state index contributed by atoms with van der Waals surface area (Å²) in [5.41, 5.74) is 5.78. The van der Waals surface area contributed by atoms with Crippen LogP contribution in [0.15, 0.2) is 22.3 Å². The third kappa shape index (κ3) is 5.42. The summed E-state index contributed by atoms with van der Waals surface area (Å²) in [6.45, 7) is -0.515. The van der Waals surface area contributed by atoms with E-state index in [1.165, 1.54) is 23.8 Å². The van der Waals surface area contributed by atoms with Crippen LogP contribution in [0.25, 0.3) is 0 Å². The molecule has 2 amide bonds. The second kappa shape index (κ2) is 11.1. The van der Waals surface area contributed by atoms with Crippen LogP contribution in [0.5, 0.6) is 0 Å². The number of thiazole rings is 1. The molecule has 1 saturated heterocycles. The quantitative estimate of drug-likeness (QED) is 0.165. The predicted octanol–water partition coefficient (Wildman–Crippen LogP) is 0.984. The molecule has 1 unspecified atom stereocenters. The minimum atomic E-state index is -0.883. The number of carbonyl (C=O) groups excluding carboxylic acids is 4. The third-order valence-corrected chi connectivity index (χ3v) is 7.69. The van der Waals surface area contributed by atoms with Gasteiger partial charge in [-0.25, -0.2) is 9.78 Å². The van der Waals surface area contributed by atoms with Crippen molar-refractivity contribution in [1.29, 1.82) is 0 Å². The van der Waals surface area contributed by atoms with E-state index in [4.69, 9.17) is 20.0 Å². The van der Waals surface area contributed by atoms with E-state index in [9.17, 15) is 19.2 Å². The molecule has 0 spiro atoms. The Morgan fingerprint density at radius 1 is 1.26 bits per heavy atom. The molecule has 3 heterocycles. The summed E-state index contributed by atoms with van der Waals surface area (Å²) < 4.78 is 10.2. The number of rotatable bonds is 8. The molecule has 14 heteroatoms. The molecule has 1 saturated carbocycles. The maximum absolute atomic E-state index is 12.8. The Labute approximate surface area is 209 Å². The van der Waals surface area contributed by atoms with Crippen molar-refractivity contribution in [3.05, 3.63) is 22.8 Å². The number of nitrogen functional groups attached to an aromatic ring is 1. The minimum absolute atomic E-state index is 0.0519. The zero-order valence-electron chi connectivity index (χ0n) is 18.9. The zero-order chi connectivity index (χ0) is 24.9. The van der Waals surface area contributed by atoms with Gasteiger partial charge in [0, 0.05) is 11.1 Å². The van der Waals surface area contributed by atoms with E-state index in [1.807, 2.05) is 0 Å². The lowest BCUT2D eigenvalue weighted by atomic mass is 9.89. The van der Waals surface area contributed by atoms with Crippen LogP contribution in [0.4, 0.5) is 5.13 Å². The highest BCUT2D eigenvalue weighted by Crippen LogP contribution is 2.38. The lowest BCUT2D eigenvalue weighted by Gasteiger charge is -2.48. The van der Waals surface area contributed by atoms with Crippen molar-refractivity contribution in [1.82, 2.24) is 15.2 Å². The number of nitrogens with one attached hydrogen (secondary N) is 1. The van der Waals surface area contributed by atoms with E-state index < -0.39 is 36.0 Å². The number of hydrogen-bond acceptors (Lipinski definition) is 12. The predicted molar refractivity (Wildman–Crippen MR) is 127 cm³/mol. The Kier molecular flexibility index (Phi) is 7.90. The Hall–Kier alpha value is -3.13. The second-order valence-corrected chi connectivity index (χ2v) is 10.1. The van der Waals surface area contributed by atoms with Gasteiger partial charge in [-0.1, -0.05) is 24.4 Å². The first-order chi connectivity index (χ1) is 16.9. The summed E-state index contributed by atoms with van der Waals surface area (Å²) >= 11 is 2.51. The maximum atomic E-state index is 12.8. The van der Waals surface area contributed by atoms with Crippen molar-refractivity contribution < 1.29 is 33.5 Å². The van der Waals surface area contributed by atoms with E-state index in [0.29, 0.717) is 5.75 Å². The number of esters is 2. The minimum Gasteiger partial charge on any atom is -0.428 e. The first kappa shape index (κ1) is 25.0. The number of oxime groups is 1. The van der Waals surface area contributed by atoms with Crippen LogP contribution in [-0.2, 0) is 33.5 Å². The maximum Gasteiger partial charge on any atom is 0.357 e. The molecular formula is C21H25N5O7S2. The van der Waals surface area contributed by atoms with Crippen molar-refractivity contribution in [2.24, 2.45) is 11.1 Å². The second-order valence-electron chi connectivity index (χ2n) is 8.01. The summed E-state index contributed by atoms with van der Waals surface area (Å²) in [6.07, 6.45) is 6.20. The van der Waals surface area contributed by atoms with Crippen LogP contribution < -0.4 is 11.1 Å². The summed E-state index contributed by atoms with van der Waals surface area (Å²) in [7, 11) is 1.28. The average Bonchev–Trinajstić information content (AvgIpc) is 3.31. The summed E-state index contributed by atoms with van der Waals surface area (Å²) in [5.74, 6) is -2.03. The van der Waals surface area contributed by atoms with Crippen molar-refractivity contribution in [3.63, 3.8) is 0 Å². The fraction of sp³-hybridized carbons (Fsp3) is 0.524. The number of anilines is 1. The number of fused-ring (bicyclic) bond motifs is 1. The first-order valence-corrected chi connectivity index (χ1v) is 13.0. The van der Waals surface area contributed by atoms with Crippen LogP contribution in [0.1, 0.15) is 37.8 Å². The fourth-order valence-electron chi connectivity index (χ4n) is 4.10. The van der Waals surface area contributed by atoms with Crippen molar-refractivity contribution in [2.75, 3.05) is 25.4 Å². The van der Waals surface area contributed by atoms with Crippen LogP contribution in [0.3, 0.4) is 0 Å². The molecule has 2 atom stereocenters. The molecule has 1 aromatic rings. The smallest absolute Gasteiger partial charge is 0.357 e. The summed E-state index contributed by atoms with van der Waals surface area (Å²) in [6, 6.07) is -0.883. The van der Waals surface area contributed by atoms with E-state index in [-0.39, 0.29) is 34.1 Å². The normalized spacial score (nSPS) is 22.4. The van der Waals surface area contributed by atoms with E-state index in [2.05, 4.69) is 15.5 Å². The highest BCUT2D eigenvalue weighted by molar-refractivity contribution is 8.00. The van der Waals surface area contributed by atoms with Gasteiger partial charge in [-0.05, 0) is 18.9 Å². The molecule has 12 nitrogen and oxygen atoms in total. The fourth-order valence-corrected chi connectivity index (χ4v) is 5.84. The summed E-state index contributed by atoms with van der Waals surface area (Å²) in [5, 5.41) is 7.63. The molecule has 3 aliphatic rings. The molecule has 35 heavy (non-hydrogen) atoms. The van der Waals surface area contributed by atoms with Crippen LogP contribution in [0, 0.1) is 5.92 Å². The average molecular weight is 524 g/mol. The molecule has 1 aliphatic carbocycles. The number of nitrogens with two attached hydrogens (primary N) is 1. The van der Waals surface area contributed by atoms with Crippen LogP contribution >= 0.6 is 23.1 Å². The van der Waals surface area contributed by atoms with Gasteiger partial charge in [-0.2, -0.15) is 0 Å². The molecule has 0 aromatic carbocycles. The zero-order valence-corrected chi connectivity index (χ0v) is 20.6. The SMILES string of the molecule is CO/N=C(\C(=O)NC1C(=O)N2C(C(=O)OCOC(=O)C3CCCCC3)=CCS[C@H]12)c1csc(N)n1. The van der Waals surface area contributed by atoms with Gasteiger partial charge in [0.05, 0.1) is 5.92 Å². The van der Waals surface area contributed by atoms with Crippen LogP contribution in [0.2, 0.25) is 0 Å². The molecular weight excluding hydrogens is 498 g/mol. The highest BCUT2D eigenvalue weighted by atomic mass is 32.2. The number of amides is 2.